The normalized spacial score (nSPS) is 11.3. The molecule has 3 aromatic carbocycles. The van der Waals surface area contributed by atoms with Crippen LogP contribution in [0.4, 0.5) is 0 Å². The Kier molecular flexibility index (Phi) is 12.3. The Morgan fingerprint density at radius 3 is 1.87 bits per heavy atom. The van der Waals surface area contributed by atoms with E-state index >= 15 is 0 Å². The van der Waals surface area contributed by atoms with Gasteiger partial charge in [-0.1, -0.05) is 65.3 Å². The monoisotopic (exact) mass is 622 g/mol. The molecule has 0 N–H and O–H groups in total. The molecule has 1 aliphatic rings. The standard InChI is InChI=1S/C21H25.C5H5.2ClH.Hf.H2Si/c1-20(2,3)16-7-9-18-14(12-16)11-15-13-17(21(4,5)6)8-10-19(15)18;1-2-4-5-3-1;;;;/h7-10,12H,11H2,1-6H3;1-5H;2*1H;;1H2/q2*-1;;;+2;/p-2. The molecule has 4 heteroatoms. The van der Waals surface area contributed by atoms with Crippen LogP contribution in [0.15, 0.2) is 60.7 Å². The summed E-state index contributed by atoms with van der Waals surface area (Å²) in [5.41, 5.74) is 8.70. The van der Waals surface area contributed by atoms with Gasteiger partial charge >= 0.3 is 29.9 Å². The molecule has 0 aromatic heterocycles. The molecule has 4 rings (SSSR count). The van der Waals surface area contributed by atoms with E-state index in [0.29, 0.717) is 0 Å². The summed E-state index contributed by atoms with van der Waals surface area (Å²) in [5, 5.41) is 0. The number of hydrogen-bond donors (Lipinski definition) is 0. The van der Waals surface area contributed by atoms with Crippen LogP contribution in [-0.4, -0.2) is 6.94 Å². The van der Waals surface area contributed by atoms with Crippen LogP contribution < -0.4 is 24.8 Å². The summed E-state index contributed by atoms with van der Waals surface area (Å²) in [6.07, 6.45) is 1.03. The van der Waals surface area contributed by atoms with Crippen molar-refractivity contribution in [1.82, 2.24) is 0 Å². The van der Waals surface area contributed by atoms with Crippen LogP contribution >= 0.6 is 0 Å². The molecule has 30 heavy (non-hydrogen) atoms. The second-order valence-corrected chi connectivity index (χ2v) is 9.28. The second-order valence-electron chi connectivity index (χ2n) is 9.28. The molecular formula is C26H32Cl2HfSi-2. The number of rotatable bonds is 0. The molecule has 0 radical (unpaired) electrons. The zero-order chi connectivity index (χ0) is 20.9. The molecule has 0 heterocycles. The molecule has 0 spiro atoms. The van der Waals surface area contributed by atoms with Crippen molar-refractivity contribution in [3.8, 4) is 11.1 Å². The maximum Gasteiger partial charge on any atom is -0.172 e. The third-order valence-corrected chi connectivity index (χ3v) is 5.02. The van der Waals surface area contributed by atoms with Crippen molar-refractivity contribution in [1.29, 1.82) is 0 Å². The van der Waals surface area contributed by atoms with Crippen LogP contribution in [0.3, 0.4) is 0 Å². The molecule has 0 fully saturated rings. The molecule has 0 amide bonds. The van der Waals surface area contributed by atoms with E-state index in [4.69, 9.17) is 0 Å². The van der Waals surface area contributed by atoms with Crippen LogP contribution in [0.1, 0.15) is 63.8 Å². The Bertz CT molecular complexity index is 825. The quantitative estimate of drug-likeness (QED) is 0.194. The third kappa shape index (κ3) is 7.55. The van der Waals surface area contributed by atoms with Crippen molar-refractivity contribution in [3.63, 3.8) is 0 Å². The SMILES string of the molecule is CC(C)(C)c1[c-]c2c(cc1)-c1ccc(C(C)(C)C)cc1C2.[Cl-].[Cl-].[SiH2]=[Hf+2].c1cc[cH-]c1. The smallest absolute Gasteiger partial charge is 0.172 e. The fourth-order valence-electron chi connectivity index (χ4n) is 3.35. The van der Waals surface area contributed by atoms with Gasteiger partial charge in [-0.05, 0) is 28.4 Å². The fraction of sp³-hybridized carbons (Fsp3) is 0.346. The Morgan fingerprint density at radius 2 is 1.40 bits per heavy atom. The van der Waals surface area contributed by atoms with Crippen LogP contribution in [0.5, 0.6) is 0 Å². The molecule has 0 saturated carbocycles. The van der Waals surface area contributed by atoms with Crippen molar-refractivity contribution in [2.75, 3.05) is 0 Å². The average molecular weight is 622 g/mol. The summed E-state index contributed by atoms with van der Waals surface area (Å²) in [5.74, 6) is 0. The van der Waals surface area contributed by atoms with Gasteiger partial charge in [-0.2, -0.15) is 42.0 Å². The third-order valence-electron chi connectivity index (χ3n) is 5.02. The topological polar surface area (TPSA) is 0 Å². The van der Waals surface area contributed by atoms with Crippen LogP contribution in [0.2, 0.25) is 0 Å². The molecule has 0 aliphatic heterocycles. The maximum absolute atomic E-state index is 3.67. The van der Waals surface area contributed by atoms with E-state index in [1.54, 1.807) is 0 Å². The van der Waals surface area contributed by atoms with Gasteiger partial charge in [-0.15, -0.1) is 11.1 Å². The zero-order valence-corrected chi connectivity index (χ0v) is 25.5. The Hall–Kier alpha value is -0.543. The molecule has 160 valence electrons. The van der Waals surface area contributed by atoms with Crippen LogP contribution in [0, 0.1) is 6.07 Å². The van der Waals surface area contributed by atoms with E-state index in [1.807, 2.05) is 37.3 Å². The minimum absolute atomic E-state index is 0. The van der Waals surface area contributed by atoms with Gasteiger partial charge in [0.25, 0.3) is 0 Å². The summed E-state index contributed by atoms with van der Waals surface area (Å²) < 4.78 is 0. The van der Waals surface area contributed by atoms with Crippen LogP contribution in [0.25, 0.3) is 11.1 Å². The molecule has 0 saturated heterocycles. The first-order valence-corrected chi connectivity index (χ1v) is 18.2. The number of halogens is 2. The first-order valence-electron chi connectivity index (χ1n) is 9.88. The minimum atomic E-state index is 0. The molecule has 3 aromatic rings. The van der Waals surface area contributed by atoms with Gasteiger partial charge in [0.15, 0.2) is 0 Å². The number of fused-ring (bicyclic) bond motifs is 3. The van der Waals surface area contributed by atoms with Gasteiger partial charge in [0.1, 0.15) is 0 Å². The number of benzene rings is 2. The molecule has 1 aliphatic carbocycles. The molecule has 0 bridgehead atoms. The van der Waals surface area contributed by atoms with Crippen molar-refractivity contribution in [2.45, 2.75) is 58.8 Å². The second kappa shape index (κ2) is 12.5. The van der Waals surface area contributed by atoms with Gasteiger partial charge in [0, 0.05) is 0 Å². The maximum atomic E-state index is 3.67. The molecular weight excluding hydrogens is 590 g/mol. The number of hydrogen-bond acceptors (Lipinski definition) is 0. The predicted octanol–water partition coefficient (Wildman–Crippen LogP) is 0.148. The Morgan fingerprint density at radius 1 is 0.833 bits per heavy atom. The summed E-state index contributed by atoms with van der Waals surface area (Å²) in [6.45, 7) is 15.6. The first-order chi connectivity index (χ1) is 13.2. The van der Waals surface area contributed by atoms with E-state index in [-0.39, 0.29) is 35.6 Å². The van der Waals surface area contributed by atoms with Gasteiger partial charge in [-0.25, -0.2) is 12.1 Å². The minimum Gasteiger partial charge on any atom is -0.214 e. The van der Waals surface area contributed by atoms with E-state index in [1.165, 1.54) is 56.4 Å². The molecule has 0 atom stereocenters. The van der Waals surface area contributed by atoms with E-state index in [0.717, 1.165) is 6.42 Å². The van der Waals surface area contributed by atoms with Crippen molar-refractivity contribution >= 4 is 6.94 Å². The van der Waals surface area contributed by atoms with E-state index < -0.39 is 0 Å². The summed E-state index contributed by atoms with van der Waals surface area (Å²) in [6, 6.07) is 25.2. The van der Waals surface area contributed by atoms with Crippen molar-refractivity contribution < 1.29 is 47.8 Å². The summed E-state index contributed by atoms with van der Waals surface area (Å²) in [7, 11) is 0. The van der Waals surface area contributed by atoms with E-state index in [9.17, 15) is 0 Å². The predicted molar refractivity (Wildman–Crippen MR) is 121 cm³/mol. The van der Waals surface area contributed by atoms with Crippen molar-refractivity contribution in [3.05, 3.63) is 89.0 Å². The zero-order valence-electron chi connectivity index (χ0n) is 18.9. The summed E-state index contributed by atoms with van der Waals surface area (Å²) in [4.78, 5) is 0. The Balaban J connectivity index is 0.000000809. The van der Waals surface area contributed by atoms with Gasteiger partial charge in [-0.3, -0.25) is 0 Å². The largest absolute Gasteiger partial charge is 0.214 e. The Labute approximate surface area is 212 Å². The average Bonchev–Trinajstić information content (AvgIpc) is 3.32. The summed E-state index contributed by atoms with van der Waals surface area (Å²) >= 11 is 1.33. The van der Waals surface area contributed by atoms with E-state index in [2.05, 4.69) is 77.9 Å². The molecule has 0 unspecified atom stereocenters. The first kappa shape index (κ1) is 29.5. The van der Waals surface area contributed by atoms with Gasteiger partial charge in [0.05, 0.1) is 0 Å². The van der Waals surface area contributed by atoms with Gasteiger partial charge < -0.3 is 24.8 Å². The molecule has 0 nitrogen and oxygen atoms in total. The fourth-order valence-corrected chi connectivity index (χ4v) is 3.35. The van der Waals surface area contributed by atoms with Crippen molar-refractivity contribution in [2.24, 2.45) is 0 Å². The van der Waals surface area contributed by atoms with Crippen LogP contribution in [-0.2, 0) is 40.3 Å². The van der Waals surface area contributed by atoms with Gasteiger partial charge in [0.2, 0.25) is 0 Å².